The number of allylic oxidation sites excluding steroid dienone is 2. The van der Waals surface area contributed by atoms with Gasteiger partial charge in [-0.2, -0.15) is 0 Å². The number of hydrogen-bond acceptors (Lipinski definition) is 2. The van der Waals surface area contributed by atoms with Crippen LogP contribution in [0.25, 0.3) is 0 Å². The van der Waals surface area contributed by atoms with Crippen LogP contribution in [0.3, 0.4) is 0 Å². The van der Waals surface area contributed by atoms with E-state index in [1.54, 1.807) is 0 Å². The molecule has 1 aliphatic rings. The predicted molar refractivity (Wildman–Crippen MR) is 59.5 cm³/mol. The molecule has 1 N–H and O–H groups in total. The van der Waals surface area contributed by atoms with E-state index in [-0.39, 0.29) is 0 Å². The molecule has 1 atom stereocenters. The molecular formula is C13H14O2. The highest BCUT2D eigenvalue weighted by Gasteiger charge is 2.14. The topological polar surface area (TPSA) is 29.5 Å². The second-order valence-corrected chi connectivity index (χ2v) is 3.68. The van der Waals surface area contributed by atoms with E-state index in [9.17, 15) is 5.11 Å². The van der Waals surface area contributed by atoms with Crippen LogP contribution in [0.1, 0.15) is 13.3 Å². The first-order chi connectivity index (χ1) is 7.25. The molecule has 0 aromatic heterocycles. The summed E-state index contributed by atoms with van der Waals surface area (Å²) in [6, 6.07) is 9.60. The first kappa shape index (κ1) is 9.99. The third-order valence-corrected chi connectivity index (χ3v) is 2.44. The molecule has 0 amide bonds. The van der Waals surface area contributed by atoms with Gasteiger partial charge in [-0.25, -0.2) is 0 Å². The van der Waals surface area contributed by atoms with Gasteiger partial charge in [-0.1, -0.05) is 24.3 Å². The molecule has 0 spiro atoms. The molecule has 15 heavy (non-hydrogen) atoms. The lowest BCUT2D eigenvalue weighted by molar-refractivity contribution is 0.191. The van der Waals surface area contributed by atoms with Crippen LogP contribution in [0.4, 0.5) is 0 Å². The lowest BCUT2D eigenvalue weighted by Gasteiger charge is -2.18. The molecule has 0 saturated carbocycles. The van der Waals surface area contributed by atoms with Gasteiger partial charge in [0.05, 0.1) is 6.10 Å². The Balaban J connectivity index is 2.08. The molecule has 1 aromatic carbocycles. The quantitative estimate of drug-likeness (QED) is 0.798. The molecule has 2 nitrogen and oxygen atoms in total. The van der Waals surface area contributed by atoms with Crippen LogP contribution in [-0.2, 0) is 0 Å². The largest absolute Gasteiger partial charge is 0.462 e. The van der Waals surface area contributed by atoms with Crippen molar-refractivity contribution in [1.29, 1.82) is 0 Å². The third kappa shape index (κ3) is 2.48. The Morgan fingerprint density at radius 1 is 1.20 bits per heavy atom. The van der Waals surface area contributed by atoms with Crippen LogP contribution >= 0.6 is 0 Å². The van der Waals surface area contributed by atoms with Gasteiger partial charge in [0.15, 0.2) is 0 Å². The SMILES string of the molecule is CC1=CC=C(Oc2ccccc2)CC1O. The first-order valence-electron chi connectivity index (χ1n) is 5.04. The van der Waals surface area contributed by atoms with Crippen molar-refractivity contribution >= 4 is 0 Å². The van der Waals surface area contributed by atoms with Crippen LogP contribution in [0.5, 0.6) is 5.75 Å². The van der Waals surface area contributed by atoms with Gasteiger partial charge in [0.2, 0.25) is 0 Å². The maximum atomic E-state index is 9.64. The summed E-state index contributed by atoms with van der Waals surface area (Å²) in [4.78, 5) is 0. The molecule has 0 heterocycles. The highest BCUT2D eigenvalue weighted by molar-refractivity contribution is 5.28. The summed E-state index contributed by atoms with van der Waals surface area (Å²) in [5, 5.41) is 9.64. The average molecular weight is 202 g/mol. The molecule has 1 aliphatic carbocycles. The maximum Gasteiger partial charge on any atom is 0.126 e. The normalized spacial score (nSPS) is 20.5. The molecule has 0 bridgehead atoms. The van der Waals surface area contributed by atoms with E-state index in [1.807, 2.05) is 49.4 Å². The van der Waals surface area contributed by atoms with E-state index in [0.717, 1.165) is 17.1 Å². The summed E-state index contributed by atoms with van der Waals surface area (Å²) in [5.41, 5.74) is 0.982. The molecular weight excluding hydrogens is 188 g/mol. The zero-order chi connectivity index (χ0) is 10.7. The number of rotatable bonds is 2. The highest BCUT2D eigenvalue weighted by Crippen LogP contribution is 2.22. The van der Waals surface area contributed by atoms with Gasteiger partial charge >= 0.3 is 0 Å². The maximum absolute atomic E-state index is 9.64. The molecule has 0 aliphatic heterocycles. The Hall–Kier alpha value is -1.54. The second kappa shape index (κ2) is 4.32. The van der Waals surface area contributed by atoms with Crippen LogP contribution in [-0.4, -0.2) is 11.2 Å². The molecule has 0 radical (unpaired) electrons. The van der Waals surface area contributed by atoms with Crippen molar-refractivity contribution in [3.63, 3.8) is 0 Å². The lowest BCUT2D eigenvalue weighted by atomic mass is 10.0. The number of hydrogen-bond donors (Lipinski definition) is 1. The summed E-state index contributed by atoms with van der Waals surface area (Å²) in [7, 11) is 0. The fourth-order valence-electron chi connectivity index (χ4n) is 1.47. The smallest absolute Gasteiger partial charge is 0.126 e. The van der Waals surface area contributed by atoms with Gasteiger partial charge in [0, 0.05) is 6.42 Å². The van der Waals surface area contributed by atoms with Crippen molar-refractivity contribution in [2.24, 2.45) is 0 Å². The van der Waals surface area contributed by atoms with Gasteiger partial charge in [0.25, 0.3) is 0 Å². The number of para-hydroxylation sites is 1. The van der Waals surface area contributed by atoms with Crippen LogP contribution < -0.4 is 4.74 Å². The van der Waals surface area contributed by atoms with E-state index >= 15 is 0 Å². The Kier molecular flexibility index (Phi) is 2.88. The number of aliphatic hydroxyl groups excluding tert-OH is 1. The monoisotopic (exact) mass is 202 g/mol. The summed E-state index contributed by atoms with van der Waals surface area (Å²) in [5.74, 6) is 1.61. The minimum atomic E-state index is -0.409. The van der Waals surface area contributed by atoms with E-state index in [4.69, 9.17) is 4.74 Å². The fourth-order valence-corrected chi connectivity index (χ4v) is 1.47. The summed E-state index contributed by atoms with van der Waals surface area (Å²) >= 11 is 0. The fraction of sp³-hybridized carbons (Fsp3) is 0.231. The van der Waals surface area contributed by atoms with E-state index in [1.165, 1.54) is 0 Å². The Bertz CT molecular complexity index is 390. The van der Waals surface area contributed by atoms with Crippen molar-refractivity contribution in [3.05, 3.63) is 53.8 Å². The summed E-state index contributed by atoms with van der Waals surface area (Å²) in [6.45, 7) is 1.92. The molecule has 78 valence electrons. The Morgan fingerprint density at radius 3 is 2.60 bits per heavy atom. The molecule has 1 unspecified atom stereocenters. The van der Waals surface area contributed by atoms with Gasteiger partial charge in [0.1, 0.15) is 11.5 Å². The second-order valence-electron chi connectivity index (χ2n) is 3.68. The molecule has 0 fully saturated rings. The number of benzene rings is 1. The highest BCUT2D eigenvalue weighted by atomic mass is 16.5. The number of ether oxygens (including phenoxy) is 1. The average Bonchev–Trinajstić information content (AvgIpc) is 2.25. The van der Waals surface area contributed by atoms with E-state index in [0.29, 0.717) is 6.42 Å². The lowest BCUT2D eigenvalue weighted by Crippen LogP contribution is -2.14. The molecule has 0 saturated heterocycles. The van der Waals surface area contributed by atoms with Crippen molar-refractivity contribution in [2.75, 3.05) is 0 Å². The Morgan fingerprint density at radius 2 is 1.93 bits per heavy atom. The molecule has 2 rings (SSSR count). The van der Waals surface area contributed by atoms with Gasteiger partial charge in [-0.3, -0.25) is 0 Å². The third-order valence-electron chi connectivity index (χ3n) is 2.44. The minimum Gasteiger partial charge on any atom is -0.462 e. The first-order valence-corrected chi connectivity index (χ1v) is 5.04. The van der Waals surface area contributed by atoms with Crippen molar-refractivity contribution in [1.82, 2.24) is 0 Å². The Labute approximate surface area is 89.5 Å². The zero-order valence-corrected chi connectivity index (χ0v) is 8.68. The van der Waals surface area contributed by atoms with Crippen LogP contribution in [0, 0.1) is 0 Å². The van der Waals surface area contributed by atoms with Gasteiger partial charge < -0.3 is 9.84 Å². The number of aliphatic hydroxyl groups is 1. The standard InChI is InChI=1S/C13H14O2/c1-10-7-8-12(9-13(10)14)15-11-5-3-2-4-6-11/h2-8,13-14H,9H2,1H3. The van der Waals surface area contributed by atoms with Crippen molar-refractivity contribution in [2.45, 2.75) is 19.4 Å². The van der Waals surface area contributed by atoms with Gasteiger partial charge in [-0.15, -0.1) is 0 Å². The van der Waals surface area contributed by atoms with Crippen LogP contribution in [0.2, 0.25) is 0 Å². The predicted octanol–water partition coefficient (Wildman–Crippen LogP) is 2.66. The van der Waals surface area contributed by atoms with Crippen LogP contribution in [0.15, 0.2) is 53.8 Å². The summed E-state index contributed by atoms with van der Waals surface area (Å²) in [6.07, 6.45) is 3.95. The molecule has 2 heteroatoms. The van der Waals surface area contributed by atoms with E-state index in [2.05, 4.69) is 0 Å². The minimum absolute atomic E-state index is 0.409. The van der Waals surface area contributed by atoms with Crippen molar-refractivity contribution < 1.29 is 9.84 Å². The van der Waals surface area contributed by atoms with E-state index < -0.39 is 6.10 Å². The zero-order valence-electron chi connectivity index (χ0n) is 8.68. The van der Waals surface area contributed by atoms with Gasteiger partial charge in [-0.05, 0) is 30.7 Å². The van der Waals surface area contributed by atoms with Crippen molar-refractivity contribution in [3.8, 4) is 5.75 Å². The summed E-state index contributed by atoms with van der Waals surface area (Å²) < 4.78 is 5.63. The molecule has 1 aromatic rings.